The lowest BCUT2D eigenvalue weighted by atomic mass is 9.72. The van der Waals surface area contributed by atoms with Crippen molar-refractivity contribution in [2.45, 2.75) is 91.1 Å². The van der Waals surface area contributed by atoms with Gasteiger partial charge in [-0.2, -0.15) is 0 Å². The van der Waals surface area contributed by atoms with Gasteiger partial charge < -0.3 is 14.6 Å². The first kappa shape index (κ1) is 24.8. The maximum atomic E-state index is 10.5. The van der Waals surface area contributed by atoms with Crippen LogP contribution in [0.5, 0.6) is 11.5 Å². The summed E-state index contributed by atoms with van der Waals surface area (Å²) in [5.41, 5.74) is 2.27. The molecule has 1 saturated carbocycles. The first-order valence-electron chi connectivity index (χ1n) is 13.3. The molecule has 0 bridgehead atoms. The summed E-state index contributed by atoms with van der Waals surface area (Å²) in [6, 6.07) is 5.78. The molecular formula is C30H42NO3+. The minimum atomic E-state index is -0.0648. The first-order valence-corrected chi connectivity index (χ1v) is 13.3. The number of aliphatic imine (C=N–C) groups is 1. The topological polar surface area (TPSA) is 54.6 Å². The summed E-state index contributed by atoms with van der Waals surface area (Å²) in [6.45, 7) is 7.22. The molecule has 3 aliphatic rings. The van der Waals surface area contributed by atoms with Gasteiger partial charge in [-0.05, 0) is 63.6 Å². The van der Waals surface area contributed by atoms with Crippen LogP contribution >= 0.6 is 0 Å². The SMILES string of the molecule is CCCCC1C=C[C-](CCc2ccc(O)c(OCC3(C4=C[C+](C(C)C)C=N4)CCCCC3)c2)[OH+]1. The standard InChI is InChI=1S/C30H41NO3/c1-4-5-9-25-13-14-26(34-25)12-10-23-11-15-27(32)28(18-23)33-21-30(16-7-6-8-17-30)29-19-24(20-31-29)22(2)3/h11,13-15,18-20,22,25,34H,4-10,12,16-17,21H2,1-3H3/p+1. The highest BCUT2D eigenvalue weighted by molar-refractivity contribution is 5.83. The molecule has 4 heteroatoms. The van der Waals surface area contributed by atoms with Crippen molar-refractivity contribution in [3.05, 3.63) is 59.7 Å². The van der Waals surface area contributed by atoms with E-state index in [0.717, 1.165) is 37.8 Å². The number of hydrogen-bond donors (Lipinski definition) is 1. The van der Waals surface area contributed by atoms with Crippen molar-refractivity contribution in [3.63, 3.8) is 0 Å². The summed E-state index contributed by atoms with van der Waals surface area (Å²) >= 11 is 0. The normalized spacial score (nSPS) is 21.5. The Morgan fingerprint density at radius 1 is 1.26 bits per heavy atom. The van der Waals surface area contributed by atoms with Crippen molar-refractivity contribution in [1.29, 1.82) is 0 Å². The number of benzene rings is 1. The lowest BCUT2D eigenvalue weighted by Gasteiger charge is -2.32. The summed E-state index contributed by atoms with van der Waals surface area (Å²) in [6.07, 6.45) is 21.5. The Labute approximate surface area is 206 Å². The van der Waals surface area contributed by atoms with Gasteiger partial charge in [-0.15, -0.1) is 17.1 Å². The number of aliphatic hydroxyl groups is 2. The maximum absolute atomic E-state index is 10.5. The lowest BCUT2D eigenvalue weighted by molar-refractivity contribution is -0.0480. The van der Waals surface area contributed by atoms with Crippen LogP contribution in [0.15, 0.2) is 47.1 Å². The minimum Gasteiger partial charge on any atom is -0.504 e. The van der Waals surface area contributed by atoms with Crippen LogP contribution in [0.3, 0.4) is 0 Å². The molecule has 2 N–H and O–H groups in total. The van der Waals surface area contributed by atoms with E-state index in [1.54, 1.807) is 6.07 Å². The molecule has 4 nitrogen and oxygen atoms in total. The molecule has 1 atom stereocenters. The summed E-state index contributed by atoms with van der Waals surface area (Å²) in [5, 5.41) is 10.5. The Morgan fingerprint density at radius 3 is 2.82 bits per heavy atom. The number of aryl methyl sites for hydroxylation is 1. The first-order chi connectivity index (χ1) is 16.5. The molecule has 1 fully saturated rings. The molecule has 1 aromatic carbocycles. The molecule has 0 spiro atoms. The van der Waals surface area contributed by atoms with E-state index in [-0.39, 0.29) is 11.2 Å². The summed E-state index contributed by atoms with van der Waals surface area (Å²) in [5.74, 6) is 2.57. The Hall–Kier alpha value is -2.33. The third-order valence-electron chi connectivity index (χ3n) is 7.57. The largest absolute Gasteiger partial charge is 0.504 e. The highest BCUT2D eigenvalue weighted by Gasteiger charge is 2.45. The van der Waals surface area contributed by atoms with E-state index in [9.17, 15) is 5.11 Å². The zero-order chi connectivity index (χ0) is 24.0. The Balaban J connectivity index is 1.37. The molecule has 0 saturated heterocycles. The molecule has 1 unspecified atom stereocenters. The van der Waals surface area contributed by atoms with Crippen molar-refractivity contribution in [2.24, 2.45) is 16.3 Å². The van der Waals surface area contributed by atoms with Gasteiger partial charge in [0.25, 0.3) is 0 Å². The summed E-state index contributed by atoms with van der Waals surface area (Å²) < 4.78 is 11.2. The zero-order valence-electron chi connectivity index (χ0n) is 21.2. The highest BCUT2D eigenvalue weighted by atomic mass is 16.5. The fourth-order valence-corrected chi connectivity index (χ4v) is 5.25. The number of hydrogen-bond acceptors (Lipinski definition) is 3. The minimum absolute atomic E-state index is 0.0648. The fourth-order valence-electron chi connectivity index (χ4n) is 5.25. The molecule has 0 radical (unpaired) electrons. The molecule has 1 aromatic rings. The van der Waals surface area contributed by atoms with E-state index in [1.165, 1.54) is 49.7 Å². The van der Waals surface area contributed by atoms with E-state index in [0.29, 0.717) is 24.4 Å². The van der Waals surface area contributed by atoms with Gasteiger partial charge >= 0.3 is 0 Å². The fraction of sp³-hybridized carbons (Fsp3) is 0.567. The van der Waals surface area contributed by atoms with Gasteiger partial charge in [0, 0.05) is 12.3 Å². The second-order valence-electron chi connectivity index (χ2n) is 10.6. The monoisotopic (exact) mass is 464 g/mol. The molecule has 184 valence electrons. The van der Waals surface area contributed by atoms with Crippen LogP contribution in [0.1, 0.15) is 84.1 Å². The number of phenolic OH excluding ortho intramolecular Hbond substituents is 1. The molecular weight excluding hydrogens is 422 g/mol. The van der Waals surface area contributed by atoms with E-state index in [1.807, 2.05) is 18.3 Å². The van der Waals surface area contributed by atoms with Gasteiger partial charge in [-0.1, -0.05) is 38.7 Å². The number of phenols is 1. The van der Waals surface area contributed by atoms with E-state index < -0.39 is 0 Å². The predicted octanol–water partition coefficient (Wildman–Crippen LogP) is 7.04. The molecule has 2 aliphatic heterocycles. The van der Waals surface area contributed by atoms with Gasteiger partial charge in [-0.25, -0.2) is 0 Å². The van der Waals surface area contributed by atoms with Crippen LogP contribution in [0.2, 0.25) is 0 Å². The van der Waals surface area contributed by atoms with Crippen molar-refractivity contribution in [3.8, 4) is 11.5 Å². The van der Waals surface area contributed by atoms with Crippen molar-refractivity contribution < 1.29 is 14.6 Å². The van der Waals surface area contributed by atoms with Gasteiger partial charge in [-0.3, -0.25) is 0 Å². The smallest absolute Gasteiger partial charge is 0.184 e. The van der Waals surface area contributed by atoms with Crippen LogP contribution in [0.25, 0.3) is 0 Å². The zero-order valence-corrected chi connectivity index (χ0v) is 21.2. The molecule has 4 rings (SSSR count). The maximum Gasteiger partial charge on any atom is 0.184 e. The third-order valence-corrected chi connectivity index (χ3v) is 7.57. The third kappa shape index (κ3) is 6.02. The van der Waals surface area contributed by atoms with E-state index in [4.69, 9.17) is 14.5 Å². The average molecular weight is 465 g/mol. The van der Waals surface area contributed by atoms with Gasteiger partial charge in [0.15, 0.2) is 17.2 Å². The second kappa shape index (κ2) is 11.4. The van der Waals surface area contributed by atoms with Crippen LogP contribution in [0, 0.1) is 23.4 Å². The van der Waals surface area contributed by atoms with Crippen LogP contribution in [-0.4, -0.2) is 28.8 Å². The molecule has 0 amide bonds. The van der Waals surface area contributed by atoms with Gasteiger partial charge in [0.2, 0.25) is 0 Å². The number of nitrogens with zero attached hydrogens (tertiary/aromatic N) is 1. The Kier molecular flexibility index (Phi) is 8.31. The van der Waals surface area contributed by atoms with Gasteiger partial charge in [0.05, 0.1) is 6.10 Å². The Morgan fingerprint density at radius 2 is 2.09 bits per heavy atom. The summed E-state index contributed by atoms with van der Waals surface area (Å²) in [4.78, 5) is 4.82. The number of rotatable bonds is 11. The second-order valence-corrected chi connectivity index (χ2v) is 10.6. The Bertz CT molecular complexity index is 894. The molecule has 0 aromatic heterocycles. The number of unbranched alkanes of at least 4 members (excludes halogenated alkanes) is 1. The van der Waals surface area contributed by atoms with Crippen LogP contribution in [-0.2, 0) is 6.42 Å². The van der Waals surface area contributed by atoms with Crippen molar-refractivity contribution in [1.82, 2.24) is 0 Å². The number of allylic oxidation sites excluding steroid dienone is 1. The van der Waals surface area contributed by atoms with Crippen molar-refractivity contribution in [2.75, 3.05) is 6.61 Å². The highest BCUT2D eigenvalue weighted by Crippen LogP contribution is 2.46. The average Bonchev–Trinajstić information content (AvgIpc) is 3.52. The number of ether oxygens (including phenoxy) is 2. The molecule has 2 heterocycles. The lowest BCUT2D eigenvalue weighted by Crippen LogP contribution is -2.32. The van der Waals surface area contributed by atoms with Gasteiger partial charge in [0.1, 0.15) is 36.3 Å². The predicted molar refractivity (Wildman–Crippen MR) is 140 cm³/mol. The van der Waals surface area contributed by atoms with Crippen LogP contribution < -0.4 is 4.74 Å². The molecule has 1 aliphatic carbocycles. The summed E-state index contributed by atoms with van der Waals surface area (Å²) in [7, 11) is 0. The number of aromatic hydroxyl groups is 1. The van der Waals surface area contributed by atoms with Crippen molar-refractivity contribution >= 4 is 6.21 Å². The van der Waals surface area contributed by atoms with E-state index >= 15 is 0 Å². The quantitative estimate of drug-likeness (QED) is 0.282. The van der Waals surface area contributed by atoms with E-state index in [2.05, 4.69) is 39.0 Å². The van der Waals surface area contributed by atoms with Crippen LogP contribution in [0.4, 0.5) is 0 Å². The molecule has 34 heavy (non-hydrogen) atoms.